The van der Waals surface area contributed by atoms with Crippen molar-refractivity contribution in [2.75, 3.05) is 26.7 Å². The molecule has 2 rings (SSSR count). The Morgan fingerprint density at radius 1 is 1.37 bits per heavy atom. The van der Waals surface area contributed by atoms with E-state index in [-0.39, 0.29) is 23.5 Å². The highest BCUT2D eigenvalue weighted by molar-refractivity contribution is 5.82. The fourth-order valence-electron chi connectivity index (χ4n) is 3.20. The lowest BCUT2D eigenvalue weighted by molar-refractivity contribution is -0.138. The maximum atomic E-state index is 12.6. The molecule has 0 aromatic heterocycles. The largest absolute Gasteiger partial charge is 0.376 e. The summed E-state index contributed by atoms with van der Waals surface area (Å²) in [5.74, 6) is 0.221. The molecule has 0 saturated carbocycles. The van der Waals surface area contributed by atoms with Crippen molar-refractivity contribution in [3.63, 3.8) is 0 Å². The van der Waals surface area contributed by atoms with Crippen LogP contribution in [0.5, 0.6) is 0 Å². The van der Waals surface area contributed by atoms with Gasteiger partial charge in [0, 0.05) is 20.2 Å². The molecule has 110 valence electrons. The summed E-state index contributed by atoms with van der Waals surface area (Å²) in [6, 6.07) is -0.0464. The molecule has 4 heteroatoms. The van der Waals surface area contributed by atoms with Gasteiger partial charge in [-0.3, -0.25) is 4.79 Å². The van der Waals surface area contributed by atoms with Gasteiger partial charge in [0.2, 0.25) is 5.91 Å². The van der Waals surface area contributed by atoms with Gasteiger partial charge in [-0.15, -0.1) is 0 Å². The fourth-order valence-corrected chi connectivity index (χ4v) is 3.20. The Morgan fingerprint density at radius 3 is 2.79 bits per heavy atom. The molecule has 0 bridgehead atoms. The Hall–Kier alpha value is -0.610. The van der Waals surface area contributed by atoms with Gasteiger partial charge in [0.05, 0.1) is 12.1 Å². The molecule has 0 spiro atoms. The number of ether oxygens (including phenoxy) is 1. The molecule has 2 atom stereocenters. The zero-order valence-corrected chi connectivity index (χ0v) is 12.6. The molecule has 19 heavy (non-hydrogen) atoms. The summed E-state index contributed by atoms with van der Waals surface area (Å²) in [7, 11) is 1.91. The van der Waals surface area contributed by atoms with Crippen molar-refractivity contribution in [1.29, 1.82) is 0 Å². The van der Waals surface area contributed by atoms with Crippen molar-refractivity contribution in [2.24, 2.45) is 5.41 Å². The molecule has 0 aromatic carbocycles. The van der Waals surface area contributed by atoms with Crippen LogP contribution in [-0.2, 0) is 9.53 Å². The Labute approximate surface area is 116 Å². The van der Waals surface area contributed by atoms with E-state index >= 15 is 0 Å². The number of carbonyl (C=O) groups excluding carboxylic acids is 1. The maximum absolute atomic E-state index is 12.6. The number of hydrogen-bond acceptors (Lipinski definition) is 3. The van der Waals surface area contributed by atoms with Crippen molar-refractivity contribution < 1.29 is 9.53 Å². The molecule has 2 aliphatic heterocycles. The Balaban J connectivity index is 1.90. The minimum absolute atomic E-state index is 0.0464. The molecule has 2 fully saturated rings. The minimum atomic E-state index is -0.0464. The fraction of sp³-hybridized carbons (Fsp3) is 0.933. The molecule has 2 saturated heterocycles. The molecule has 2 heterocycles. The zero-order chi connectivity index (χ0) is 13.9. The highest BCUT2D eigenvalue weighted by Gasteiger charge is 2.38. The molecule has 2 aliphatic rings. The van der Waals surface area contributed by atoms with E-state index in [9.17, 15) is 4.79 Å². The number of likely N-dealkylation sites (N-methyl/N-ethyl adjacent to an activating group) is 1. The van der Waals surface area contributed by atoms with Gasteiger partial charge < -0.3 is 15.0 Å². The van der Waals surface area contributed by atoms with Crippen LogP contribution in [0.1, 0.15) is 46.0 Å². The summed E-state index contributed by atoms with van der Waals surface area (Å²) in [4.78, 5) is 14.5. The first-order valence-electron chi connectivity index (χ1n) is 7.61. The van der Waals surface area contributed by atoms with E-state index in [0.29, 0.717) is 0 Å². The first-order valence-corrected chi connectivity index (χ1v) is 7.61. The van der Waals surface area contributed by atoms with Crippen LogP contribution >= 0.6 is 0 Å². The second-order valence-corrected chi connectivity index (χ2v) is 6.69. The number of hydrogen-bond donors (Lipinski definition) is 1. The summed E-state index contributed by atoms with van der Waals surface area (Å²) < 4.78 is 5.72. The minimum Gasteiger partial charge on any atom is -0.376 e. The number of rotatable bonds is 3. The molecular formula is C15H28N2O2. The summed E-state index contributed by atoms with van der Waals surface area (Å²) in [5, 5.41) is 3.40. The quantitative estimate of drug-likeness (QED) is 0.848. The Bertz CT molecular complexity index is 311. The van der Waals surface area contributed by atoms with Gasteiger partial charge in [-0.2, -0.15) is 0 Å². The van der Waals surface area contributed by atoms with E-state index in [4.69, 9.17) is 4.74 Å². The van der Waals surface area contributed by atoms with Gasteiger partial charge in [0.25, 0.3) is 0 Å². The van der Waals surface area contributed by atoms with Crippen LogP contribution in [0.2, 0.25) is 0 Å². The predicted octanol–water partition coefficient (Wildman–Crippen LogP) is 1.79. The number of nitrogens with zero attached hydrogens (tertiary/aromatic N) is 1. The van der Waals surface area contributed by atoms with Crippen LogP contribution < -0.4 is 5.32 Å². The van der Waals surface area contributed by atoms with Crippen molar-refractivity contribution in [1.82, 2.24) is 10.2 Å². The summed E-state index contributed by atoms with van der Waals surface area (Å²) in [6.07, 6.45) is 5.97. The predicted molar refractivity (Wildman–Crippen MR) is 76.0 cm³/mol. The zero-order valence-electron chi connectivity index (χ0n) is 12.6. The smallest absolute Gasteiger partial charge is 0.240 e. The van der Waals surface area contributed by atoms with Crippen LogP contribution in [0, 0.1) is 5.41 Å². The normalized spacial score (nSPS) is 30.9. The third-order valence-corrected chi connectivity index (χ3v) is 4.50. The second kappa shape index (κ2) is 6.23. The molecular weight excluding hydrogens is 240 g/mol. The average Bonchev–Trinajstić information content (AvgIpc) is 2.38. The van der Waals surface area contributed by atoms with Crippen molar-refractivity contribution in [3.8, 4) is 0 Å². The standard InChI is InChI=1S/C15H28N2O2/c1-15(2)8-6-9-16-13(15)14(18)17(3)11-12-7-4-5-10-19-12/h12-13,16H,4-11H2,1-3H3. The molecule has 4 nitrogen and oxygen atoms in total. The number of carbonyl (C=O) groups is 1. The van der Waals surface area contributed by atoms with E-state index in [2.05, 4.69) is 19.2 Å². The van der Waals surface area contributed by atoms with Gasteiger partial charge >= 0.3 is 0 Å². The summed E-state index contributed by atoms with van der Waals surface area (Å²) >= 11 is 0. The topological polar surface area (TPSA) is 41.6 Å². The van der Waals surface area contributed by atoms with Crippen LogP contribution in [0.3, 0.4) is 0 Å². The van der Waals surface area contributed by atoms with Gasteiger partial charge in [-0.1, -0.05) is 13.8 Å². The highest BCUT2D eigenvalue weighted by atomic mass is 16.5. The van der Waals surface area contributed by atoms with Gasteiger partial charge in [-0.25, -0.2) is 0 Å². The van der Waals surface area contributed by atoms with E-state index in [1.165, 1.54) is 6.42 Å². The van der Waals surface area contributed by atoms with Crippen molar-refractivity contribution >= 4 is 5.91 Å². The number of nitrogens with one attached hydrogen (secondary N) is 1. The summed E-state index contributed by atoms with van der Waals surface area (Å²) in [6.45, 7) is 6.90. The average molecular weight is 268 g/mol. The molecule has 2 unspecified atom stereocenters. The number of piperidine rings is 1. The third-order valence-electron chi connectivity index (χ3n) is 4.50. The maximum Gasteiger partial charge on any atom is 0.240 e. The van der Waals surface area contributed by atoms with E-state index < -0.39 is 0 Å². The van der Waals surface area contributed by atoms with Gasteiger partial charge in [-0.05, 0) is 44.1 Å². The van der Waals surface area contributed by atoms with Crippen LogP contribution in [0.4, 0.5) is 0 Å². The summed E-state index contributed by atoms with van der Waals surface area (Å²) in [5.41, 5.74) is 0.0526. The van der Waals surface area contributed by atoms with Crippen molar-refractivity contribution in [3.05, 3.63) is 0 Å². The number of amides is 1. The molecule has 0 aliphatic carbocycles. The van der Waals surface area contributed by atoms with Crippen molar-refractivity contribution in [2.45, 2.75) is 58.1 Å². The third kappa shape index (κ3) is 3.69. The first-order chi connectivity index (χ1) is 9.00. The lowest BCUT2D eigenvalue weighted by Crippen LogP contribution is -2.56. The molecule has 0 aromatic rings. The lowest BCUT2D eigenvalue weighted by Gasteiger charge is -2.40. The van der Waals surface area contributed by atoms with Crippen LogP contribution in [0.25, 0.3) is 0 Å². The van der Waals surface area contributed by atoms with Crippen LogP contribution in [0.15, 0.2) is 0 Å². The molecule has 1 N–H and O–H groups in total. The van der Waals surface area contributed by atoms with Gasteiger partial charge in [0.15, 0.2) is 0 Å². The van der Waals surface area contributed by atoms with Gasteiger partial charge in [0.1, 0.15) is 0 Å². The highest BCUT2D eigenvalue weighted by Crippen LogP contribution is 2.31. The molecule has 0 radical (unpaired) electrons. The SMILES string of the molecule is CN(CC1CCCCO1)C(=O)C1NCCCC1(C)C. The molecule has 1 amide bonds. The Kier molecular flexibility index (Phi) is 4.85. The van der Waals surface area contributed by atoms with Crippen LogP contribution in [-0.4, -0.2) is 49.7 Å². The van der Waals surface area contributed by atoms with E-state index in [0.717, 1.165) is 45.4 Å². The van der Waals surface area contributed by atoms with E-state index in [1.807, 2.05) is 11.9 Å². The second-order valence-electron chi connectivity index (χ2n) is 6.69. The lowest BCUT2D eigenvalue weighted by atomic mass is 9.77. The van der Waals surface area contributed by atoms with E-state index in [1.54, 1.807) is 0 Å². The Morgan fingerprint density at radius 2 is 2.16 bits per heavy atom. The monoisotopic (exact) mass is 268 g/mol. The first kappa shape index (κ1) is 14.8.